The molecule has 2 fully saturated rings. The van der Waals surface area contributed by atoms with Gasteiger partial charge in [-0.2, -0.15) is 0 Å². The van der Waals surface area contributed by atoms with E-state index in [1.807, 2.05) is 42.6 Å². The maximum atomic E-state index is 13.6. The fourth-order valence-corrected chi connectivity index (χ4v) is 7.50. The smallest absolute Gasteiger partial charge is 0.253 e. The molecule has 3 aromatic carbocycles. The van der Waals surface area contributed by atoms with Gasteiger partial charge in [0.25, 0.3) is 5.91 Å². The fraction of sp³-hybridized carbons (Fsp3) is 0.389. The van der Waals surface area contributed by atoms with Crippen molar-refractivity contribution in [3.63, 3.8) is 0 Å². The topological polar surface area (TPSA) is 63.6 Å². The summed E-state index contributed by atoms with van der Waals surface area (Å²) in [5, 5.41) is 3.99. The normalized spacial score (nSPS) is 19.8. The second-order valence-corrected chi connectivity index (χ2v) is 12.7. The van der Waals surface area contributed by atoms with E-state index in [2.05, 4.69) is 27.8 Å². The molecule has 6 nitrogen and oxygen atoms in total. The van der Waals surface area contributed by atoms with Gasteiger partial charge in [0.1, 0.15) is 11.6 Å². The predicted molar refractivity (Wildman–Crippen MR) is 172 cm³/mol. The first-order valence-corrected chi connectivity index (χ1v) is 15.9. The second kappa shape index (κ2) is 13.1. The van der Waals surface area contributed by atoms with E-state index in [1.165, 1.54) is 18.2 Å². The van der Waals surface area contributed by atoms with Crippen LogP contribution in [0.3, 0.4) is 0 Å². The number of carbonyl (C=O) groups excluding carboxylic acids is 2. The van der Waals surface area contributed by atoms with Crippen molar-refractivity contribution in [3.8, 4) is 5.75 Å². The first-order valence-electron chi connectivity index (χ1n) is 15.5. The monoisotopic (exact) mass is 615 g/mol. The number of methoxy groups -OCH3 is 1. The molecule has 2 bridgehead atoms. The van der Waals surface area contributed by atoms with Crippen LogP contribution in [0, 0.1) is 18.7 Å². The molecule has 4 aromatic rings. The Kier molecular flexibility index (Phi) is 9.06. The summed E-state index contributed by atoms with van der Waals surface area (Å²) in [4.78, 5) is 28.9. The Morgan fingerprint density at radius 1 is 1.02 bits per heavy atom. The third-order valence-electron chi connectivity index (χ3n) is 9.54. The number of aryl methyl sites for hydroxylation is 2. The minimum absolute atomic E-state index is 0.00570. The van der Waals surface area contributed by atoms with Crippen LogP contribution in [-0.4, -0.2) is 46.9 Å². The number of rotatable bonds is 11. The third kappa shape index (κ3) is 6.26. The van der Waals surface area contributed by atoms with Crippen LogP contribution in [0.15, 0.2) is 66.9 Å². The third-order valence-corrected chi connectivity index (χ3v) is 9.83. The zero-order valence-corrected chi connectivity index (χ0v) is 26.1. The van der Waals surface area contributed by atoms with Gasteiger partial charge in [0.2, 0.25) is 0 Å². The van der Waals surface area contributed by atoms with E-state index in [9.17, 15) is 14.0 Å². The maximum Gasteiger partial charge on any atom is 0.253 e. The van der Waals surface area contributed by atoms with Crippen LogP contribution in [0.4, 0.5) is 4.39 Å². The number of amides is 1. The highest BCUT2D eigenvalue weighted by Gasteiger charge is 2.40. The molecule has 1 aromatic heterocycles. The number of piperidine rings is 1. The number of ketones is 1. The summed E-state index contributed by atoms with van der Waals surface area (Å²) >= 11 is 5.91. The zero-order chi connectivity index (χ0) is 30.8. The van der Waals surface area contributed by atoms with Crippen LogP contribution < -0.4 is 10.1 Å². The molecule has 0 saturated carbocycles. The Bertz CT molecular complexity index is 1670. The van der Waals surface area contributed by atoms with Gasteiger partial charge in [0, 0.05) is 55.3 Å². The number of carbonyl (C=O) groups is 2. The lowest BCUT2D eigenvalue weighted by Crippen LogP contribution is -2.43. The average molecular weight is 616 g/mol. The van der Waals surface area contributed by atoms with Gasteiger partial charge < -0.3 is 14.6 Å². The zero-order valence-electron chi connectivity index (χ0n) is 25.3. The molecule has 1 N–H and O–H groups in total. The number of para-hydroxylation sites is 1. The average Bonchev–Trinajstić information content (AvgIpc) is 3.51. The summed E-state index contributed by atoms with van der Waals surface area (Å²) in [6.45, 7) is 4.26. The molecule has 2 aliphatic heterocycles. The number of fused-ring (bicyclic) bond motifs is 3. The molecule has 0 radical (unpaired) electrons. The SMILES string of the molecule is COc1cccc2c(C(=O)NCc3ccccc3C)cn(CCCN3[C@@H]4CC[C@H]3C[C@H](CC(=O)c3ccc(F)c(Cl)c3)C4)c12. The number of benzene rings is 3. The first kappa shape index (κ1) is 30.4. The van der Waals surface area contributed by atoms with Crippen molar-refractivity contribution in [2.45, 2.75) is 70.6 Å². The van der Waals surface area contributed by atoms with E-state index in [0.29, 0.717) is 42.1 Å². The second-order valence-electron chi connectivity index (χ2n) is 12.3. The molecule has 0 unspecified atom stereocenters. The Labute approximate surface area is 263 Å². The number of aromatic nitrogens is 1. The highest BCUT2D eigenvalue weighted by atomic mass is 35.5. The van der Waals surface area contributed by atoms with Crippen molar-refractivity contribution >= 4 is 34.2 Å². The number of ether oxygens (including phenoxy) is 1. The number of nitrogens with zero attached hydrogens (tertiary/aromatic N) is 2. The minimum atomic E-state index is -0.501. The Morgan fingerprint density at radius 2 is 1.80 bits per heavy atom. The fourth-order valence-electron chi connectivity index (χ4n) is 7.32. The first-order chi connectivity index (χ1) is 21.3. The van der Waals surface area contributed by atoms with Gasteiger partial charge >= 0.3 is 0 Å². The van der Waals surface area contributed by atoms with Crippen molar-refractivity contribution in [2.24, 2.45) is 5.92 Å². The molecule has 2 saturated heterocycles. The molecule has 0 spiro atoms. The van der Waals surface area contributed by atoms with Crippen LogP contribution in [0.5, 0.6) is 5.75 Å². The number of nitrogens with one attached hydrogen (secondary N) is 1. The van der Waals surface area contributed by atoms with Gasteiger partial charge in [-0.15, -0.1) is 0 Å². The lowest BCUT2D eigenvalue weighted by molar-refractivity contribution is 0.0807. The van der Waals surface area contributed by atoms with Crippen LogP contribution >= 0.6 is 11.6 Å². The summed E-state index contributed by atoms with van der Waals surface area (Å²) in [6.07, 6.45) is 7.70. The van der Waals surface area contributed by atoms with E-state index in [-0.39, 0.29) is 16.7 Å². The van der Waals surface area contributed by atoms with Gasteiger partial charge in [-0.3, -0.25) is 14.5 Å². The number of Topliss-reactive ketones (excluding diaryl/α,β-unsaturated/α-hetero) is 1. The molecular weight excluding hydrogens is 577 g/mol. The molecule has 6 rings (SSSR count). The summed E-state index contributed by atoms with van der Waals surface area (Å²) < 4.78 is 21.4. The molecule has 44 heavy (non-hydrogen) atoms. The minimum Gasteiger partial charge on any atom is -0.495 e. The number of hydrogen-bond donors (Lipinski definition) is 1. The van der Waals surface area contributed by atoms with Crippen LogP contribution in [0.1, 0.15) is 70.4 Å². The van der Waals surface area contributed by atoms with Crippen molar-refractivity contribution in [2.75, 3.05) is 13.7 Å². The molecule has 0 aliphatic carbocycles. The standard InChI is InChI=1S/C36H39ClFN3O3/c1-23-7-3-4-8-26(23)21-39-36(43)30-22-40(35-29(30)9-5-10-34(35)44-2)15-6-16-41-27-12-13-28(41)18-24(17-27)19-33(42)25-11-14-32(38)31(37)20-25/h3-5,7-11,14,20,22,24,27-28H,6,12-13,15-19,21H2,1-2H3,(H,39,43)/t24-,27-,28+. The van der Waals surface area contributed by atoms with Crippen LogP contribution in [0.2, 0.25) is 5.02 Å². The van der Waals surface area contributed by atoms with E-state index in [0.717, 1.165) is 73.0 Å². The Balaban J connectivity index is 1.09. The molecule has 230 valence electrons. The lowest BCUT2D eigenvalue weighted by Gasteiger charge is -2.39. The van der Waals surface area contributed by atoms with Crippen molar-refractivity contribution in [1.82, 2.24) is 14.8 Å². The molecule has 1 amide bonds. The van der Waals surface area contributed by atoms with Gasteiger partial charge in [0.05, 0.1) is 23.2 Å². The summed E-state index contributed by atoms with van der Waals surface area (Å²) in [6, 6.07) is 19.1. The highest BCUT2D eigenvalue weighted by Crippen LogP contribution is 2.40. The molecule has 2 aliphatic rings. The molecule has 3 heterocycles. The van der Waals surface area contributed by atoms with Crippen LogP contribution in [0.25, 0.3) is 10.9 Å². The van der Waals surface area contributed by atoms with E-state index in [1.54, 1.807) is 7.11 Å². The summed E-state index contributed by atoms with van der Waals surface area (Å²) in [5.74, 6) is 0.533. The van der Waals surface area contributed by atoms with Crippen molar-refractivity contribution in [1.29, 1.82) is 0 Å². The summed E-state index contributed by atoms with van der Waals surface area (Å²) in [7, 11) is 1.67. The number of hydrogen-bond acceptors (Lipinski definition) is 4. The van der Waals surface area contributed by atoms with Crippen LogP contribution in [-0.2, 0) is 13.1 Å². The van der Waals surface area contributed by atoms with Gasteiger partial charge in [-0.1, -0.05) is 48.0 Å². The quantitative estimate of drug-likeness (QED) is 0.177. The largest absolute Gasteiger partial charge is 0.495 e. The Hall–Kier alpha value is -3.68. The van der Waals surface area contributed by atoms with Gasteiger partial charge in [0.15, 0.2) is 5.78 Å². The van der Waals surface area contributed by atoms with Crippen molar-refractivity contribution in [3.05, 3.63) is 100.0 Å². The van der Waals surface area contributed by atoms with E-state index < -0.39 is 5.82 Å². The highest BCUT2D eigenvalue weighted by molar-refractivity contribution is 6.31. The summed E-state index contributed by atoms with van der Waals surface area (Å²) in [5.41, 5.74) is 4.34. The molecule has 3 atom stereocenters. The van der Waals surface area contributed by atoms with Crippen molar-refractivity contribution < 1.29 is 18.7 Å². The lowest BCUT2D eigenvalue weighted by atomic mass is 9.85. The maximum absolute atomic E-state index is 13.6. The van der Waals surface area contributed by atoms with E-state index in [4.69, 9.17) is 16.3 Å². The van der Waals surface area contributed by atoms with Gasteiger partial charge in [-0.05, 0) is 80.3 Å². The van der Waals surface area contributed by atoms with E-state index >= 15 is 0 Å². The molecular formula is C36H39ClFN3O3. The predicted octanol–water partition coefficient (Wildman–Crippen LogP) is 7.59. The van der Waals surface area contributed by atoms with Gasteiger partial charge in [-0.25, -0.2) is 4.39 Å². The number of halogens is 2. The Morgan fingerprint density at radius 3 is 2.52 bits per heavy atom. The molecule has 8 heteroatoms.